The number of hydrogen-bond acceptors (Lipinski definition) is 7. The fraction of sp³-hybridized carbons (Fsp3) is 0.500. The summed E-state index contributed by atoms with van der Waals surface area (Å²) in [4.78, 5) is 55.9. The molecule has 0 aliphatic rings. The largest absolute Gasteiger partial charge is 0.385 e. The van der Waals surface area contributed by atoms with Crippen LogP contribution in [0, 0.1) is 5.92 Å². The van der Waals surface area contributed by atoms with E-state index < -0.39 is 17.2 Å². The minimum absolute atomic E-state index is 0.00752. The molecule has 0 aliphatic carbocycles. The van der Waals surface area contributed by atoms with Crippen LogP contribution in [0.3, 0.4) is 0 Å². The van der Waals surface area contributed by atoms with Crippen LogP contribution in [-0.2, 0) is 20.9 Å². The minimum Gasteiger partial charge on any atom is -0.385 e. The van der Waals surface area contributed by atoms with Gasteiger partial charge in [0.2, 0.25) is 11.8 Å². The van der Waals surface area contributed by atoms with Crippen molar-refractivity contribution in [1.82, 2.24) is 19.8 Å². The highest BCUT2D eigenvalue weighted by Gasteiger charge is 2.26. The van der Waals surface area contributed by atoms with Crippen molar-refractivity contribution < 1.29 is 14.3 Å². The zero-order chi connectivity index (χ0) is 26.0. The summed E-state index contributed by atoms with van der Waals surface area (Å²) in [6.07, 6.45) is 0.688. The second-order valence-electron chi connectivity index (χ2n) is 8.83. The van der Waals surface area contributed by atoms with Crippen LogP contribution in [0.25, 0.3) is 0 Å². The Morgan fingerprint density at radius 2 is 1.86 bits per heavy atom. The molecule has 0 atom stereocenters. The van der Waals surface area contributed by atoms with Gasteiger partial charge < -0.3 is 20.7 Å². The van der Waals surface area contributed by atoms with Crippen molar-refractivity contribution in [1.29, 1.82) is 0 Å². The van der Waals surface area contributed by atoms with Crippen molar-refractivity contribution >= 4 is 23.3 Å². The number of rotatable bonds is 13. The van der Waals surface area contributed by atoms with Crippen LogP contribution < -0.4 is 27.2 Å². The Labute approximate surface area is 204 Å². The van der Waals surface area contributed by atoms with Crippen molar-refractivity contribution in [2.45, 2.75) is 26.8 Å². The normalized spacial score (nSPS) is 11.1. The van der Waals surface area contributed by atoms with E-state index in [-0.39, 0.29) is 49.5 Å². The van der Waals surface area contributed by atoms with E-state index in [1.165, 1.54) is 9.47 Å². The molecule has 1 aromatic carbocycles. The third kappa shape index (κ3) is 8.37. The number of amides is 2. The number of aromatic amines is 1. The molecule has 0 saturated carbocycles. The number of likely N-dealkylation sites (N-methyl/N-ethyl adjacent to an activating group) is 1. The number of aromatic nitrogens is 2. The lowest BCUT2D eigenvalue weighted by atomic mass is 10.2. The summed E-state index contributed by atoms with van der Waals surface area (Å²) >= 11 is 0. The van der Waals surface area contributed by atoms with E-state index in [4.69, 9.17) is 10.5 Å². The number of methoxy groups -OCH3 is 1. The molecule has 1 heterocycles. The van der Waals surface area contributed by atoms with E-state index in [0.29, 0.717) is 19.6 Å². The smallest absolute Gasteiger partial charge is 0.330 e. The Morgan fingerprint density at radius 3 is 2.49 bits per heavy atom. The zero-order valence-corrected chi connectivity index (χ0v) is 20.9. The highest BCUT2D eigenvalue weighted by atomic mass is 16.5. The number of H-pyrrole nitrogens is 1. The number of carbonyl (C=O) groups is 2. The van der Waals surface area contributed by atoms with Gasteiger partial charge in [-0.05, 0) is 24.9 Å². The quantitative estimate of drug-likeness (QED) is 0.343. The summed E-state index contributed by atoms with van der Waals surface area (Å²) in [5.74, 6) is -0.701. The van der Waals surface area contributed by atoms with Crippen molar-refractivity contribution in [3.8, 4) is 0 Å². The summed E-state index contributed by atoms with van der Waals surface area (Å²) in [6.45, 7) is 5.07. The molecule has 0 bridgehead atoms. The minimum atomic E-state index is -0.732. The van der Waals surface area contributed by atoms with Crippen LogP contribution in [0.2, 0.25) is 0 Å². The zero-order valence-electron chi connectivity index (χ0n) is 20.9. The first-order valence-corrected chi connectivity index (χ1v) is 11.5. The van der Waals surface area contributed by atoms with Crippen LogP contribution in [-0.4, -0.2) is 73.2 Å². The highest BCUT2D eigenvalue weighted by molar-refractivity contribution is 5.97. The summed E-state index contributed by atoms with van der Waals surface area (Å²) in [5.41, 5.74) is 5.66. The summed E-state index contributed by atoms with van der Waals surface area (Å²) in [7, 11) is 3.24. The topological polar surface area (TPSA) is 143 Å². The van der Waals surface area contributed by atoms with Crippen molar-refractivity contribution in [2.75, 3.05) is 57.6 Å². The van der Waals surface area contributed by atoms with Gasteiger partial charge in [-0.15, -0.1) is 0 Å². The Kier molecular flexibility index (Phi) is 10.7. The van der Waals surface area contributed by atoms with Gasteiger partial charge in [-0.25, -0.2) is 4.79 Å². The predicted octanol–water partition coefficient (Wildman–Crippen LogP) is 0.241. The third-order valence-electron chi connectivity index (χ3n) is 5.18. The Morgan fingerprint density at radius 1 is 1.17 bits per heavy atom. The molecular formula is C24H36N6O5. The fourth-order valence-electron chi connectivity index (χ4n) is 3.56. The number of hydrogen-bond donors (Lipinski definition) is 3. The molecule has 0 saturated heterocycles. The predicted molar refractivity (Wildman–Crippen MR) is 135 cm³/mol. The number of carbonyl (C=O) groups excluding carboxylic acids is 2. The van der Waals surface area contributed by atoms with Crippen molar-refractivity contribution in [3.63, 3.8) is 0 Å². The molecule has 0 aliphatic heterocycles. The summed E-state index contributed by atoms with van der Waals surface area (Å²) in [5, 5.41) is 2.77. The molecule has 2 rings (SSSR count). The van der Waals surface area contributed by atoms with Crippen LogP contribution in [0.15, 0.2) is 39.9 Å². The first kappa shape index (κ1) is 27.8. The maximum Gasteiger partial charge on any atom is 0.330 e. The molecule has 0 unspecified atom stereocenters. The number of nitrogens with zero attached hydrogens (tertiary/aromatic N) is 3. The van der Waals surface area contributed by atoms with Crippen molar-refractivity contribution in [3.05, 3.63) is 56.7 Å². The molecule has 35 heavy (non-hydrogen) atoms. The number of nitrogen functional groups attached to an aromatic ring is 1. The number of ether oxygens (including phenoxy) is 1. The number of anilines is 2. The first-order valence-electron chi connectivity index (χ1n) is 11.5. The van der Waals surface area contributed by atoms with Crippen LogP contribution in [0.1, 0.15) is 25.8 Å². The van der Waals surface area contributed by atoms with Gasteiger partial charge >= 0.3 is 5.69 Å². The summed E-state index contributed by atoms with van der Waals surface area (Å²) in [6, 6.07) is 9.20. The standard InChI is InChI=1S/C24H36N6O5/c1-17(2)13-29(20(32)16-28(3)15-19(31)26-11-8-12-35-4)21-22(25)30(24(34)27-23(21)33)14-18-9-6-5-7-10-18/h5-7,9-10,17H,8,11-16,25H2,1-4H3,(H,26,31)(H,27,33,34). The Balaban J connectivity index is 2.25. The summed E-state index contributed by atoms with van der Waals surface area (Å²) < 4.78 is 6.19. The van der Waals surface area contributed by atoms with Gasteiger partial charge in [-0.1, -0.05) is 44.2 Å². The molecule has 192 valence electrons. The van der Waals surface area contributed by atoms with Crippen LogP contribution in [0.4, 0.5) is 11.5 Å². The van der Waals surface area contributed by atoms with E-state index in [9.17, 15) is 19.2 Å². The van der Waals surface area contributed by atoms with E-state index in [2.05, 4.69) is 10.3 Å². The fourth-order valence-corrected chi connectivity index (χ4v) is 3.56. The number of benzene rings is 1. The van der Waals surface area contributed by atoms with Gasteiger partial charge in [0.1, 0.15) is 5.82 Å². The van der Waals surface area contributed by atoms with Crippen LogP contribution in [0.5, 0.6) is 0 Å². The third-order valence-corrected chi connectivity index (χ3v) is 5.18. The number of nitrogens with two attached hydrogens (primary N) is 1. The lowest BCUT2D eigenvalue weighted by molar-refractivity contribution is -0.123. The second kappa shape index (κ2) is 13.4. The highest BCUT2D eigenvalue weighted by Crippen LogP contribution is 2.19. The monoisotopic (exact) mass is 488 g/mol. The SMILES string of the molecule is COCCCNC(=O)CN(C)CC(=O)N(CC(C)C)c1c(N)n(Cc2ccccc2)c(=O)[nH]c1=O. The maximum absolute atomic E-state index is 13.3. The van der Waals surface area contributed by atoms with Gasteiger partial charge in [-0.2, -0.15) is 0 Å². The lowest BCUT2D eigenvalue weighted by Crippen LogP contribution is -2.47. The van der Waals surface area contributed by atoms with Crippen molar-refractivity contribution in [2.24, 2.45) is 5.92 Å². The van der Waals surface area contributed by atoms with Gasteiger partial charge in [0.15, 0.2) is 5.69 Å². The maximum atomic E-state index is 13.3. The Hall–Kier alpha value is -3.44. The molecule has 11 nitrogen and oxygen atoms in total. The van der Waals surface area contributed by atoms with Gasteiger partial charge in [0.05, 0.1) is 19.6 Å². The van der Waals surface area contributed by atoms with Gasteiger partial charge in [0.25, 0.3) is 5.56 Å². The molecule has 2 amide bonds. The van der Waals surface area contributed by atoms with E-state index in [0.717, 1.165) is 5.56 Å². The molecule has 0 radical (unpaired) electrons. The molecular weight excluding hydrogens is 452 g/mol. The van der Waals surface area contributed by atoms with Crippen LogP contribution >= 0.6 is 0 Å². The average molecular weight is 489 g/mol. The number of nitrogens with one attached hydrogen (secondary N) is 2. The molecule has 11 heteroatoms. The van der Waals surface area contributed by atoms with E-state index in [1.54, 1.807) is 19.1 Å². The van der Waals surface area contributed by atoms with E-state index >= 15 is 0 Å². The average Bonchev–Trinajstić information content (AvgIpc) is 2.79. The second-order valence-corrected chi connectivity index (χ2v) is 8.83. The van der Waals surface area contributed by atoms with Gasteiger partial charge in [-0.3, -0.25) is 28.8 Å². The Bertz CT molecular complexity index is 1100. The van der Waals surface area contributed by atoms with Gasteiger partial charge in [0, 0.05) is 26.8 Å². The van der Waals surface area contributed by atoms with E-state index in [1.807, 2.05) is 44.2 Å². The lowest BCUT2D eigenvalue weighted by Gasteiger charge is -2.28. The molecule has 0 fully saturated rings. The molecule has 4 N–H and O–H groups in total. The first-order chi connectivity index (χ1) is 16.6. The molecule has 0 spiro atoms. The molecule has 2 aromatic rings. The molecule has 1 aromatic heterocycles.